The van der Waals surface area contributed by atoms with Crippen molar-refractivity contribution in [2.45, 2.75) is 36.9 Å². The Balaban J connectivity index is 1.97. The van der Waals surface area contributed by atoms with Gasteiger partial charge in [-0.2, -0.15) is 13.2 Å². The Morgan fingerprint density at radius 1 is 1.09 bits per heavy atom. The van der Waals surface area contributed by atoms with Crippen LogP contribution in [0, 0.1) is 5.92 Å². The molecule has 32 heavy (non-hydrogen) atoms. The number of nitrogens with zero attached hydrogens (tertiary/aromatic N) is 2. The van der Waals surface area contributed by atoms with Gasteiger partial charge in [-0.25, -0.2) is 8.42 Å². The number of amides is 1. The summed E-state index contributed by atoms with van der Waals surface area (Å²) in [6, 6.07) is 12.8. The SMILES string of the molecule is COc1ccc(N(CC(=O)N(CC(F)(F)F)C(C)C2CC2)S(=O)(=O)c2ccccc2)cc1. The average molecular weight is 471 g/mol. The van der Waals surface area contributed by atoms with Gasteiger partial charge in [0.05, 0.1) is 17.7 Å². The second-order valence-corrected chi connectivity index (χ2v) is 9.60. The van der Waals surface area contributed by atoms with Crippen molar-refractivity contribution in [1.29, 1.82) is 0 Å². The fourth-order valence-electron chi connectivity index (χ4n) is 3.48. The molecule has 6 nitrogen and oxygen atoms in total. The van der Waals surface area contributed by atoms with E-state index in [2.05, 4.69) is 0 Å². The van der Waals surface area contributed by atoms with E-state index in [0.29, 0.717) is 5.75 Å². The molecule has 0 aliphatic heterocycles. The largest absolute Gasteiger partial charge is 0.497 e. The summed E-state index contributed by atoms with van der Waals surface area (Å²) in [6.07, 6.45) is -3.11. The number of alkyl halides is 3. The minimum absolute atomic E-state index is 0.0125. The molecule has 0 saturated heterocycles. The van der Waals surface area contributed by atoms with Gasteiger partial charge in [0.1, 0.15) is 18.8 Å². The second-order valence-electron chi connectivity index (χ2n) is 7.74. The summed E-state index contributed by atoms with van der Waals surface area (Å²) >= 11 is 0. The van der Waals surface area contributed by atoms with Crippen LogP contribution in [0.1, 0.15) is 19.8 Å². The lowest BCUT2D eigenvalue weighted by molar-refractivity contribution is -0.165. The molecule has 1 amide bonds. The maximum absolute atomic E-state index is 13.3. The van der Waals surface area contributed by atoms with Crippen molar-refractivity contribution >= 4 is 21.6 Å². The molecule has 1 unspecified atom stereocenters. The molecule has 0 N–H and O–H groups in total. The summed E-state index contributed by atoms with van der Waals surface area (Å²) in [5.74, 6) is -0.447. The van der Waals surface area contributed by atoms with E-state index in [1.54, 1.807) is 13.0 Å². The number of carbonyl (C=O) groups excluding carboxylic acids is 1. The summed E-state index contributed by atoms with van der Waals surface area (Å²) in [5.41, 5.74) is 0.147. The zero-order valence-electron chi connectivity index (χ0n) is 17.7. The molecule has 1 aliphatic carbocycles. The van der Waals surface area contributed by atoms with Crippen molar-refractivity contribution < 1.29 is 31.1 Å². The highest BCUT2D eigenvalue weighted by Crippen LogP contribution is 2.36. The Hall–Kier alpha value is -2.75. The lowest BCUT2D eigenvalue weighted by Gasteiger charge is -2.33. The normalized spacial score (nSPS) is 15.2. The Labute approximate surface area is 185 Å². The molecule has 2 aromatic carbocycles. The van der Waals surface area contributed by atoms with E-state index in [9.17, 15) is 26.4 Å². The minimum atomic E-state index is -4.60. The van der Waals surface area contributed by atoms with E-state index in [-0.39, 0.29) is 16.5 Å². The quantitative estimate of drug-likeness (QED) is 0.554. The van der Waals surface area contributed by atoms with Gasteiger partial charge in [0.2, 0.25) is 5.91 Å². The highest BCUT2D eigenvalue weighted by Gasteiger charge is 2.41. The molecule has 2 aromatic rings. The molecular weight excluding hydrogens is 445 g/mol. The number of hydrogen-bond acceptors (Lipinski definition) is 4. The fraction of sp³-hybridized carbons (Fsp3) is 0.409. The van der Waals surface area contributed by atoms with Gasteiger partial charge in [-0.15, -0.1) is 0 Å². The Bertz CT molecular complexity index is 1020. The van der Waals surface area contributed by atoms with E-state index in [0.717, 1.165) is 22.0 Å². The monoisotopic (exact) mass is 470 g/mol. The summed E-state index contributed by atoms with van der Waals surface area (Å²) in [7, 11) is -2.76. The number of hydrogen-bond donors (Lipinski definition) is 0. The predicted molar refractivity (Wildman–Crippen MR) is 114 cm³/mol. The van der Waals surface area contributed by atoms with Crippen LogP contribution >= 0.6 is 0 Å². The van der Waals surface area contributed by atoms with E-state index in [4.69, 9.17) is 4.74 Å². The van der Waals surface area contributed by atoms with Gasteiger partial charge >= 0.3 is 6.18 Å². The van der Waals surface area contributed by atoms with E-state index in [1.165, 1.54) is 55.6 Å². The van der Waals surface area contributed by atoms with Gasteiger partial charge < -0.3 is 9.64 Å². The molecule has 10 heteroatoms. The zero-order chi connectivity index (χ0) is 23.5. The molecular formula is C22H25F3N2O4S. The summed E-state index contributed by atoms with van der Waals surface area (Å²) < 4.78 is 72.3. The summed E-state index contributed by atoms with van der Waals surface area (Å²) in [4.78, 5) is 13.8. The second kappa shape index (κ2) is 9.40. The molecule has 174 valence electrons. The third-order valence-electron chi connectivity index (χ3n) is 5.44. The molecule has 3 rings (SSSR count). The Morgan fingerprint density at radius 3 is 2.19 bits per heavy atom. The average Bonchev–Trinajstić information content (AvgIpc) is 3.61. The first-order valence-corrected chi connectivity index (χ1v) is 11.5. The van der Waals surface area contributed by atoms with Gasteiger partial charge in [-0.3, -0.25) is 9.10 Å². The van der Waals surface area contributed by atoms with Crippen molar-refractivity contribution in [3.63, 3.8) is 0 Å². The summed E-state index contributed by atoms with van der Waals surface area (Å²) in [5, 5.41) is 0. The number of sulfonamides is 1. The Morgan fingerprint density at radius 2 is 1.69 bits per heavy atom. The van der Waals surface area contributed by atoms with Gasteiger partial charge in [0, 0.05) is 6.04 Å². The van der Waals surface area contributed by atoms with Crippen molar-refractivity contribution in [1.82, 2.24) is 4.90 Å². The van der Waals surface area contributed by atoms with Crippen molar-refractivity contribution in [2.24, 2.45) is 5.92 Å². The third kappa shape index (κ3) is 5.73. The van der Waals surface area contributed by atoms with E-state index in [1.807, 2.05) is 0 Å². The number of ether oxygens (including phenoxy) is 1. The number of rotatable bonds is 9. The molecule has 1 saturated carbocycles. The first-order chi connectivity index (χ1) is 15.0. The minimum Gasteiger partial charge on any atom is -0.497 e. The summed E-state index contributed by atoms with van der Waals surface area (Å²) in [6.45, 7) is -0.604. The predicted octanol–water partition coefficient (Wildman–Crippen LogP) is 4.08. The van der Waals surface area contributed by atoms with Crippen LogP contribution in [-0.2, 0) is 14.8 Å². The fourth-order valence-corrected chi connectivity index (χ4v) is 4.92. The number of benzene rings is 2. The van der Waals surface area contributed by atoms with E-state index < -0.39 is 41.2 Å². The van der Waals surface area contributed by atoms with Crippen molar-refractivity contribution in [3.8, 4) is 5.75 Å². The topological polar surface area (TPSA) is 66.9 Å². The molecule has 0 radical (unpaired) electrons. The van der Waals surface area contributed by atoms with Crippen LogP contribution in [0.3, 0.4) is 0 Å². The smallest absolute Gasteiger partial charge is 0.406 e. The molecule has 0 spiro atoms. The first-order valence-electron chi connectivity index (χ1n) is 10.1. The van der Waals surface area contributed by atoms with Gasteiger partial charge in [0.25, 0.3) is 10.0 Å². The number of carbonyl (C=O) groups is 1. The lowest BCUT2D eigenvalue weighted by Crippen LogP contribution is -2.50. The standard InChI is InChI=1S/C22H25F3N2O4S/c1-16(17-8-9-17)26(15-22(23,24)25)21(28)14-27(18-10-12-19(31-2)13-11-18)32(29,30)20-6-4-3-5-7-20/h3-7,10-13,16-17H,8-9,14-15H2,1-2H3. The molecule has 1 aliphatic rings. The third-order valence-corrected chi connectivity index (χ3v) is 7.22. The van der Waals surface area contributed by atoms with Crippen LogP contribution in [-0.4, -0.2) is 51.6 Å². The van der Waals surface area contributed by atoms with Crippen LogP contribution in [0.25, 0.3) is 0 Å². The van der Waals surface area contributed by atoms with Crippen molar-refractivity contribution in [3.05, 3.63) is 54.6 Å². The van der Waals surface area contributed by atoms with Crippen LogP contribution in [0.15, 0.2) is 59.5 Å². The molecule has 1 atom stereocenters. The molecule has 0 bridgehead atoms. The lowest BCUT2D eigenvalue weighted by atomic mass is 10.1. The molecule has 0 heterocycles. The molecule has 0 aromatic heterocycles. The van der Waals surface area contributed by atoms with Gasteiger partial charge in [-0.05, 0) is 62.1 Å². The number of halogens is 3. The van der Waals surface area contributed by atoms with Crippen LogP contribution in [0.4, 0.5) is 18.9 Å². The first kappa shape index (κ1) is 23.9. The highest BCUT2D eigenvalue weighted by molar-refractivity contribution is 7.92. The number of anilines is 1. The van der Waals surface area contributed by atoms with E-state index >= 15 is 0 Å². The maximum Gasteiger partial charge on any atom is 0.406 e. The maximum atomic E-state index is 13.3. The van der Waals surface area contributed by atoms with Crippen molar-refractivity contribution in [2.75, 3.05) is 24.5 Å². The van der Waals surface area contributed by atoms with Crippen LogP contribution in [0.5, 0.6) is 5.75 Å². The van der Waals surface area contributed by atoms with Gasteiger partial charge in [-0.1, -0.05) is 18.2 Å². The highest BCUT2D eigenvalue weighted by atomic mass is 32.2. The molecule has 1 fully saturated rings. The van der Waals surface area contributed by atoms with Gasteiger partial charge in [0.15, 0.2) is 0 Å². The Kier molecular flexibility index (Phi) is 7.02. The number of methoxy groups -OCH3 is 1. The van der Waals surface area contributed by atoms with Crippen LogP contribution in [0.2, 0.25) is 0 Å². The zero-order valence-corrected chi connectivity index (χ0v) is 18.6. The van der Waals surface area contributed by atoms with Crippen LogP contribution < -0.4 is 9.04 Å².